The Kier molecular flexibility index (Phi) is 6.98. The molecule has 2 heterocycles. The highest BCUT2D eigenvalue weighted by molar-refractivity contribution is 6.14. The van der Waals surface area contributed by atoms with Crippen LogP contribution in [0.4, 0.5) is 9.18 Å². The number of halogens is 1. The number of benzene rings is 3. The third-order valence-corrected chi connectivity index (χ3v) is 6.65. The summed E-state index contributed by atoms with van der Waals surface area (Å²) >= 11 is 0. The van der Waals surface area contributed by atoms with Gasteiger partial charge in [-0.2, -0.15) is 5.26 Å². The van der Waals surface area contributed by atoms with E-state index in [0.717, 1.165) is 33.1 Å². The summed E-state index contributed by atoms with van der Waals surface area (Å²) in [6.07, 6.45) is 1.64. The average Bonchev–Trinajstić information content (AvgIpc) is 3.37. The van der Waals surface area contributed by atoms with Gasteiger partial charge in [0.2, 0.25) is 0 Å². The number of carbonyl (C=O) groups excluding carboxylic acids is 2. The van der Waals surface area contributed by atoms with E-state index in [4.69, 9.17) is 4.74 Å². The van der Waals surface area contributed by atoms with Crippen molar-refractivity contribution in [2.24, 2.45) is 0 Å². The second kappa shape index (κ2) is 10.7. The quantitative estimate of drug-likeness (QED) is 0.247. The van der Waals surface area contributed by atoms with Gasteiger partial charge in [0, 0.05) is 28.2 Å². The predicted octanol–water partition coefficient (Wildman–Crippen LogP) is 5.78. The molecule has 0 aliphatic carbocycles. The van der Waals surface area contributed by atoms with E-state index in [9.17, 15) is 19.2 Å². The van der Waals surface area contributed by atoms with Crippen LogP contribution in [0.3, 0.4) is 0 Å². The van der Waals surface area contributed by atoms with Crippen molar-refractivity contribution in [2.75, 3.05) is 0 Å². The van der Waals surface area contributed by atoms with Crippen molar-refractivity contribution in [1.29, 1.82) is 5.26 Å². The van der Waals surface area contributed by atoms with Crippen LogP contribution >= 0.6 is 0 Å². The van der Waals surface area contributed by atoms with Crippen LogP contribution in [-0.2, 0) is 17.9 Å². The highest BCUT2D eigenvalue weighted by Gasteiger charge is 2.34. The molecule has 1 aliphatic rings. The molecule has 0 bridgehead atoms. The van der Waals surface area contributed by atoms with Gasteiger partial charge in [-0.1, -0.05) is 36.4 Å². The summed E-state index contributed by atoms with van der Waals surface area (Å²) in [6.45, 7) is 4.03. The van der Waals surface area contributed by atoms with Crippen LogP contribution in [0.15, 0.2) is 84.6 Å². The Morgan fingerprint density at radius 3 is 2.38 bits per heavy atom. The first kappa shape index (κ1) is 25.5. The molecule has 0 radical (unpaired) electrons. The monoisotopic (exact) mass is 520 g/mol. The van der Waals surface area contributed by atoms with Gasteiger partial charge in [-0.3, -0.25) is 9.69 Å². The number of nitrogens with one attached hydrogen (secondary N) is 1. The molecule has 1 aliphatic heterocycles. The van der Waals surface area contributed by atoms with E-state index in [1.165, 1.54) is 6.07 Å². The maximum atomic E-state index is 14.1. The third-order valence-electron chi connectivity index (χ3n) is 6.65. The molecule has 0 atom stereocenters. The van der Waals surface area contributed by atoms with Gasteiger partial charge in [-0.15, -0.1) is 0 Å². The summed E-state index contributed by atoms with van der Waals surface area (Å²) in [5, 5.41) is 11.9. The number of nitrogens with zero attached hydrogens (tertiary/aromatic N) is 3. The summed E-state index contributed by atoms with van der Waals surface area (Å²) in [4.78, 5) is 26.5. The molecule has 1 aromatic heterocycles. The van der Waals surface area contributed by atoms with Crippen LogP contribution in [0.25, 0.3) is 11.8 Å². The number of hydrogen-bond donors (Lipinski definition) is 1. The van der Waals surface area contributed by atoms with Crippen LogP contribution in [-0.4, -0.2) is 21.4 Å². The number of aryl methyl sites for hydroxylation is 1. The van der Waals surface area contributed by atoms with Crippen molar-refractivity contribution in [3.05, 3.63) is 124 Å². The van der Waals surface area contributed by atoms with Crippen LogP contribution in [0.2, 0.25) is 0 Å². The van der Waals surface area contributed by atoms with Crippen LogP contribution in [0, 0.1) is 31.0 Å². The minimum atomic E-state index is -0.587. The lowest BCUT2D eigenvalue weighted by Gasteiger charge is -2.12. The number of carbonyl (C=O) groups is 2. The highest BCUT2D eigenvalue weighted by Crippen LogP contribution is 2.26. The SMILES string of the molecule is Cc1cc(/C=C2/NC(=O)N(Cc3ccccc3F)C2=O)c(C)n1-c1ccc(OCc2ccccc2C#N)cc1. The molecule has 0 spiro atoms. The van der Waals surface area contributed by atoms with E-state index in [1.54, 1.807) is 30.3 Å². The summed E-state index contributed by atoms with van der Waals surface area (Å²) in [7, 11) is 0. The van der Waals surface area contributed by atoms with Crippen molar-refractivity contribution in [2.45, 2.75) is 27.0 Å². The van der Waals surface area contributed by atoms with Crippen LogP contribution < -0.4 is 10.1 Å². The minimum absolute atomic E-state index is 0.137. The average molecular weight is 521 g/mol. The Bertz CT molecular complexity index is 1650. The van der Waals surface area contributed by atoms with Crippen molar-refractivity contribution >= 4 is 18.0 Å². The second-order valence-corrected chi connectivity index (χ2v) is 9.18. The number of hydrogen-bond acceptors (Lipinski definition) is 4. The number of amides is 3. The van der Waals surface area contributed by atoms with Gasteiger partial charge in [0.05, 0.1) is 18.2 Å². The first-order chi connectivity index (χ1) is 18.9. The van der Waals surface area contributed by atoms with Crippen molar-refractivity contribution in [3.63, 3.8) is 0 Å². The number of aromatic nitrogens is 1. The maximum Gasteiger partial charge on any atom is 0.329 e. The zero-order valence-corrected chi connectivity index (χ0v) is 21.4. The molecule has 1 fully saturated rings. The normalized spacial score (nSPS) is 14.0. The zero-order valence-electron chi connectivity index (χ0n) is 21.4. The Hall–Kier alpha value is -5.16. The molecule has 194 valence electrons. The van der Waals surface area contributed by atoms with Gasteiger partial charge in [0.25, 0.3) is 5.91 Å². The number of nitriles is 1. The van der Waals surface area contributed by atoms with Gasteiger partial charge in [-0.05, 0) is 68.0 Å². The molecule has 3 amide bonds. The van der Waals surface area contributed by atoms with E-state index in [1.807, 2.05) is 66.9 Å². The second-order valence-electron chi connectivity index (χ2n) is 9.18. The van der Waals surface area contributed by atoms with Crippen molar-refractivity contribution < 1.29 is 18.7 Å². The Balaban J connectivity index is 1.33. The molecule has 0 unspecified atom stereocenters. The fourth-order valence-corrected chi connectivity index (χ4v) is 4.61. The molecule has 1 saturated heterocycles. The van der Waals surface area contributed by atoms with E-state index >= 15 is 0 Å². The molecular weight excluding hydrogens is 495 g/mol. The minimum Gasteiger partial charge on any atom is -0.489 e. The Morgan fingerprint density at radius 2 is 1.67 bits per heavy atom. The molecule has 3 aromatic carbocycles. The summed E-state index contributed by atoms with van der Waals surface area (Å²) in [5.41, 5.74) is 5.31. The van der Waals surface area contributed by atoms with Gasteiger partial charge in [0.1, 0.15) is 23.9 Å². The van der Waals surface area contributed by atoms with Crippen molar-refractivity contribution in [1.82, 2.24) is 14.8 Å². The maximum absolute atomic E-state index is 14.1. The van der Waals surface area contributed by atoms with E-state index in [-0.39, 0.29) is 24.4 Å². The standard InChI is InChI=1S/C31H25FN4O3/c1-20-15-25(16-29-30(37)35(31(38)34-29)18-23-8-5-6-10-28(23)32)21(2)36(20)26-11-13-27(14-12-26)39-19-24-9-4-3-7-22(24)17-33/h3-16H,18-19H2,1-2H3,(H,34,38)/b29-16+. The van der Waals surface area contributed by atoms with Gasteiger partial charge >= 0.3 is 6.03 Å². The first-order valence-corrected chi connectivity index (χ1v) is 12.3. The first-order valence-electron chi connectivity index (χ1n) is 12.3. The Morgan fingerprint density at radius 1 is 0.974 bits per heavy atom. The van der Waals surface area contributed by atoms with Crippen LogP contribution in [0.5, 0.6) is 5.75 Å². The summed E-state index contributed by atoms with van der Waals surface area (Å²) in [5.74, 6) is -0.305. The topological polar surface area (TPSA) is 87.4 Å². The van der Waals surface area contributed by atoms with Gasteiger partial charge < -0.3 is 14.6 Å². The van der Waals surface area contributed by atoms with E-state index in [2.05, 4.69) is 11.4 Å². The van der Waals surface area contributed by atoms with Gasteiger partial charge in [-0.25, -0.2) is 9.18 Å². The lowest BCUT2D eigenvalue weighted by atomic mass is 10.1. The number of rotatable bonds is 7. The van der Waals surface area contributed by atoms with Gasteiger partial charge in [0.15, 0.2) is 0 Å². The molecule has 0 saturated carbocycles. The number of urea groups is 1. The Labute approximate surface area is 225 Å². The third kappa shape index (κ3) is 5.15. The fourth-order valence-electron chi connectivity index (χ4n) is 4.61. The molecule has 4 aromatic rings. The summed E-state index contributed by atoms with van der Waals surface area (Å²) < 4.78 is 22.0. The lowest BCUT2D eigenvalue weighted by molar-refractivity contribution is -0.123. The fraction of sp³-hybridized carbons (Fsp3) is 0.129. The molecular formula is C31H25FN4O3. The zero-order chi connectivity index (χ0) is 27.5. The smallest absolute Gasteiger partial charge is 0.329 e. The molecule has 8 heteroatoms. The number of imide groups is 1. The largest absolute Gasteiger partial charge is 0.489 e. The lowest BCUT2D eigenvalue weighted by Crippen LogP contribution is -2.30. The number of ether oxygens (including phenoxy) is 1. The predicted molar refractivity (Wildman–Crippen MR) is 144 cm³/mol. The van der Waals surface area contributed by atoms with Crippen LogP contribution in [0.1, 0.15) is 33.6 Å². The van der Waals surface area contributed by atoms with E-state index in [0.29, 0.717) is 11.3 Å². The highest BCUT2D eigenvalue weighted by atomic mass is 19.1. The molecule has 1 N–H and O–H groups in total. The van der Waals surface area contributed by atoms with Crippen molar-refractivity contribution in [3.8, 4) is 17.5 Å². The molecule has 5 rings (SSSR count). The molecule has 7 nitrogen and oxygen atoms in total. The van der Waals surface area contributed by atoms with E-state index < -0.39 is 17.8 Å². The summed E-state index contributed by atoms with van der Waals surface area (Å²) in [6, 6.07) is 24.5. The molecule has 39 heavy (non-hydrogen) atoms.